The highest BCUT2D eigenvalue weighted by Crippen LogP contribution is 2.23. The Morgan fingerprint density at radius 1 is 0.875 bits per heavy atom. The van der Waals surface area contributed by atoms with E-state index in [1.807, 2.05) is 56.5 Å². The molecule has 3 heterocycles. The van der Waals surface area contributed by atoms with Crippen molar-refractivity contribution >= 4 is 29.1 Å². The molecule has 6 nitrogen and oxygen atoms in total. The van der Waals surface area contributed by atoms with Crippen molar-refractivity contribution in [2.45, 2.75) is 32.6 Å². The van der Waals surface area contributed by atoms with Crippen LogP contribution in [0, 0.1) is 5.92 Å². The predicted molar refractivity (Wildman–Crippen MR) is 126 cm³/mol. The maximum atomic E-state index is 13.1. The lowest BCUT2D eigenvalue weighted by Gasteiger charge is -2.39. The molecule has 170 valence electrons. The van der Waals surface area contributed by atoms with Crippen molar-refractivity contribution in [3.8, 4) is 0 Å². The van der Waals surface area contributed by atoms with E-state index in [4.69, 9.17) is 0 Å². The van der Waals surface area contributed by atoms with Crippen LogP contribution in [0.15, 0.2) is 41.8 Å². The second-order valence-electron chi connectivity index (χ2n) is 8.96. The molecule has 1 unspecified atom stereocenters. The van der Waals surface area contributed by atoms with Crippen molar-refractivity contribution in [1.29, 1.82) is 0 Å². The molecule has 2 saturated heterocycles. The summed E-state index contributed by atoms with van der Waals surface area (Å²) in [6, 6.07) is 11.6. The highest BCUT2D eigenvalue weighted by molar-refractivity contribution is 7.12. The summed E-state index contributed by atoms with van der Waals surface area (Å²) in [5.41, 5.74) is 1.92. The van der Waals surface area contributed by atoms with Crippen molar-refractivity contribution < 1.29 is 14.4 Å². The average molecular weight is 454 g/mol. The van der Waals surface area contributed by atoms with Gasteiger partial charge in [-0.3, -0.25) is 14.4 Å². The third kappa shape index (κ3) is 4.88. The lowest BCUT2D eigenvalue weighted by atomic mass is 9.96. The van der Waals surface area contributed by atoms with Crippen LogP contribution in [0.1, 0.15) is 58.2 Å². The first kappa shape index (κ1) is 22.5. The first-order valence-corrected chi connectivity index (χ1v) is 12.3. The normalized spacial score (nSPS) is 19.3. The summed E-state index contributed by atoms with van der Waals surface area (Å²) in [5.74, 6) is 0.444. The fourth-order valence-corrected chi connectivity index (χ4v) is 5.19. The lowest BCUT2D eigenvalue weighted by Crippen LogP contribution is -2.54. The summed E-state index contributed by atoms with van der Waals surface area (Å²) in [6.45, 7) is 7.64. The van der Waals surface area contributed by atoms with E-state index < -0.39 is 0 Å². The summed E-state index contributed by atoms with van der Waals surface area (Å²) >= 11 is 1.44. The van der Waals surface area contributed by atoms with Crippen molar-refractivity contribution in [2.24, 2.45) is 5.92 Å². The van der Waals surface area contributed by atoms with Gasteiger partial charge in [-0.1, -0.05) is 32.0 Å². The zero-order chi connectivity index (χ0) is 22.7. The van der Waals surface area contributed by atoms with Crippen LogP contribution in [0.4, 0.5) is 0 Å². The Morgan fingerprint density at radius 2 is 1.56 bits per heavy atom. The largest absolute Gasteiger partial charge is 0.339 e. The molecule has 32 heavy (non-hydrogen) atoms. The Labute approximate surface area is 193 Å². The van der Waals surface area contributed by atoms with Gasteiger partial charge in [-0.2, -0.15) is 0 Å². The van der Waals surface area contributed by atoms with Gasteiger partial charge in [-0.25, -0.2) is 0 Å². The minimum absolute atomic E-state index is 0.0244. The van der Waals surface area contributed by atoms with E-state index in [2.05, 4.69) is 13.8 Å². The Bertz CT molecular complexity index is 947. The smallest absolute Gasteiger partial charge is 0.263 e. The number of piperazine rings is 1. The first-order chi connectivity index (χ1) is 15.4. The van der Waals surface area contributed by atoms with Crippen LogP contribution in [-0.4, -0.2) is 71.7 Å². The molecule has 2 aromatic rings. The quantitative estimate of drug-likeness (QED) is 0.709. The molecule has 2 aliphatic heterocycles. The molecule has 0 aliphatic carbocycles. The van der Waals surface area contributed by atoms with Crippen LogP contribution in [0.5, 0.6) is 0 Å². The molecule has 0 bridgehead atoms. The van der Waals surface area contributed by atoms with Crippen LogP contribution in [0.25, 0.3) is 0 Å². The molecular formula is C25H31N3O3S. The van der Waals surface area contributed by atoms with Gasteiger partial charge in [0.15, 0.2) is 0 Å². The molecule has 2 fully saturated rings. The second kappa shape index (κ2) is 9.86. The highest BCUT2D eigenvalue weighted by atomic mass is 32.1. The Hall–Kier alpha value is -2.67. The minimum Gasteiger partial charge on any atom is -0.339 e. The SMILES string of the molecule is CC(C)c1ccc(C(=O)N2CCN(C(=O)C3CCCN(C(=O)c4cccs4)C3)CC2)cc1. The number of rotatable bonds is 4. The Kier molecular flexibility index (Phi) is 6.94. The number of hydrogen-bond donors (Lipinski definition) is 0. The summed E-state index contributed by atoms with van der Waals surface area (Å²) in [6.07, 6.45) is 1.66. The van der Waals surface area contributed by atoms with E-state index in [0.29, 0.717) is 50.7 Å². The van der Waals surface area contributed by atoms with Crippen LogP contribution < -0.4 is 0 Å². The molecule has 4 rings (SSSR count). The van der Waals surface area contributed by atoms with Crippen molar-refractivity contribution in [3.63, 3.8) is 0 Å². The van der Waals surface area contributed by atoms with Crippen LogP contribution >= 0.6 is 11.3 Å². The minimum atomic E-state index is -0.154. The van der Waals surface area contributed by atoms with Crippen molar-refractivity contribution in [3.05, 3.63) is 57.8 Å². The van der Waals surface area contributed by atoms with Crippen molar-refractivity contribution in [1.82, 2.24) is 14.7 Å². The van der Waals surface area contributed by atoms with Gasteiger partial charge in [-0.05, 0) is 47.9 Å². The Balaban J connectivity index is 1.31. The zero-order valence-electron chi connectivity index (χ0n) is 18.8. The molecule has 0 saturated carbocycles. The highest BCUT2D eigenvalue weighted by Gasteiger charge is 2.33. The van der Waals surface area contributed by atoms with E-state index in [-0.39, 0.29) is 23.6 Å². The van der Waals surface area contributed by atoms with Crippen LogP contribution in [0.2, 0.25) is 0 Å². The van der Waals surface area contributed by atoms with Gasteiger partial charge in [0.1, 0.15) is 0 Å². The predicted octanol–water partition coefficient (Wildman–Crippen LogP) is 3.71. The lowest BCUT2D eigenvalue weighted by molar-refractivity contribution is -0.138. The Morgan fingerprint density at radius 3 is 2.19 bits per heavy atom. The molecule has 2 aliphatic rings. The van der Waals surface area contributed by atoms with Gasteiger partial charge < -0.3 is 14.7 Å². The third-order valence-corrected chi connectivity index (χ3v) is 7.35. The van der Waals surface area contributed by atoms with Crippen molar-refractivity contribution in [2.75, 3.05) is 39.3 Å². The molecular weight excluding hydrogens is 422 g/mol. The number of likely N-dealkylation sites (tertiary alicyclic amines) is 1. The second-order valence-corrected chi connectivity index (χ2v) is 9.91. The van der Waals surface area contributed by atoms with Gasteiger partial charge >= 0.3 is 0 Å². The van der Waals surface area contributed by atoms with Crippen LogP contribution in [0.3, 0.4) is 0 Å². The maximum absolute atomic E-state index is 13.1. The van der Waals surface area contributed by atoms with Gasteiger partial charge in [0, 0.05) is 44.8 Å². The molecule has 1 atom stereocenters. The fraction of sp³-hybridized carbons (Fsp3) is 0.480. The number of carbonyl (C=O) groups is 3. The number of piperidine rings is 1. The molecule has 0 spiro atoms. The van der Waals surface area contributed by atoms with Gasteiger partial charge in [0.2, 0.25) is 5.91 Å². The van der Waals surface area contributed by atoms with Gasteiger partial charge in [-0.15, -0.1) is 11.3 Å². The van der Waals surface area contributed by atoms with E-state index in [0.717, 1.165) is 17.7 Å². The first-order valence-electron chi connectivity index (χ1n) is 11.4. The van der Waals surface area contributed by atoms with E-state index in [1.165, 1.54) is 16.9 Å². The molecule has 0 radical (unpaired) electrons. The standard InChI is InChI=1S/C25H31N3O3S/c1-18(2)19-7-9-20(10-8-19)23(29)26-12-14-27(15-13-26)24(30)21-5-3-11-28(17-21)25(31)22-6-4-16-32-22/h4,6-10,16,18,21H,3,5,11-15,17H2,1-2H3. The number of nitrogens with zero attached hydrogens (tertiary/aromatic N) is 3. The summed E-state index contributed by atoms with van der Waals surface area (Å²) in [4.78, 5) is 44.9. The molecule has 3 amide bonds. The topological polar surface area (TPSA) is 60.9 Å². The van der Waals surface area contributed by atoms with E-state index in [9.17, 15) is 14.4 Å². The summed E-state index contributed by atoms with van der Waals surface area (Å²) < 4.78 is 0. The number of thiophene rings is 1. The summed E-state index contributed by atoms with van der Waals surface area (Å²) in [5, 5.41) is 1.90. The maximum Gasteiger partial charge on any atom is 0.263 e. The van der Waals surface area contributed by atoms with E-state index in [1.54, 1.807) is 0 Å². The molecule has 0 N–H and O–H groups in total. The van der Waals surface area contributed by atoms with E-state index >= 15 is 0 Å². The van der Waals surface area contributed by atoms with Crippen LogP contribution in [-0.2, 0) is 4.79 Å². The average Bonchev–Trinajstić information content (AvgIpc) is 3.38. The number of hydrogen-bond acceptors (Lipinski definition) is 4. The summed E-state index contributed by atoms with van der Waals surface area (Å²) in [7, 11) is 0. The van der Waals surface area contributed by atoms with Gasteiger partial charge in [0.25, 0.3) is 11.8 Å². The number of amides is 3. The molecule has 1 aromatic heterocycles. The number of carbonyl (C=O) groups excluding carboxylic acids is 3. The van der Waals surface area contributed by atoms with Gasteiger partial charge in [0.05, 0.1) is 10.8 Å². The molecule has 1 aromatic carbocycles. The monoisotopic (exact) mass is 453 g/mol. The third-order valence-electron chi connectivity index (χ3n) is 6.49. The number of benzene rings is 1. The molecule has 7 heteroatoms. The fourth-order valence-electron chi connectivity index (χ4n) is 4.50. The zero-order valence-corrected chi connectivity index (χ0v) is 19.6.